The summed E-state index contributed by atoms with van der Waals surface area (Å²) in [5.74, 6) is 0.598. The predicted octanol–water partition coefficient (Wildman–Crippen LogP) is 2.38. The molecule has 1 aromatic heterocycles. The second kappa shape index (κ2) is 5.61. The van der Waals surface area contributed by atoms with Gasteiger partial charge in [0.2, 0.25) is 0 Å². The Hall–Kier alpha value is -2.22. The normalized spacial score (nSPS) is 10.2. The fourth-order valence-electron chi connectivity index (χ4n) is 1.55. The summed E-state index contributed by atoms with van der Waals surface area (Å²) in [5, 5.41) is 18.4. The minimum absolute atomic E-state index is 0.0519. The fourth-order valence-corrected chi connectivity index (χ4v) is 2.07. The number of aryl methyl sites for hydroxylation is 1. The Morgan fingerprint density at radius 2 is 2.32 bits per heavy atom. The summed E-state index contributed by atoms with van der Waals surface area (Å²) in [6.45, 7) is 2.03. The van der Waals surface area contributed by atoms with Crippen molar-refractivity contribution in [2.75, 3.05) is 12.4 Å². The minimum Gasteiger partial charge on any atom is -0.487 e. The summed E-state index contributed by atoms with van der Waals surface area (Å²) >= 11 is 1.25. The van der Waals surface area contributed by atoms with Crippen molar-refractivity contribution in [3.05, 3.63) is 39.6 Å². The first-order valence-corrected chi connectivity index (χ1v) is 6.26. The first kappa shape index (κ1) is 13.2. The zero-order valence-electron chi connectivity index (χ0n) is 10.4. The van der Waals surface area contributed by atoms with Gasteiger partial charge in [-0.1, -0.05) is 4.49 Å². The Morgan fingerprint density at radius 3 is 2.95 bits per heavy atom. The molecule has 19 heavy (non-hydrogen) atoms. The molecule has 0 saturated carbocycles. The van der Waals surface area contributed by atoms with Gasteiger partial charge in [-0.3, -0.25) is 10.1 Å². The number of rotatable bonds is 5. The van der Waals surface area contributed by atoms with Gasteiger partial charge >= 0.3 is 0 Å². The molecule has 0 bridgehead atoms. The number of hydrogen-bond donors (Lipinski definition) is 1. The molecule has 0 saturated heterocycles. The average molecular weight is 280 g/mol. The lowest BCUT2D eigenvalue weighted by Gasteiger charge is -2.08. The number of nitro groups is 1. The van der Waals surface area contributed by atoms with Crippen LogP contribution >= 0.6 is 11.5 Å². The molecule has 7 nitrogen and oxygen atoms in total. The van der Waals surface area contributed by atoms with E-state index in [-0.39, 0.29) is 12.3 Å². The van der Waals surface area contributed by atoms with Gasteiger partial charge in [-0.25, -0.2) is 0 Å². The van der Waals surface area contributed by atoms with Crippen LogP contribution in [0.5, 0.6) is 5.75 Å². The molecule has 0 fully saturated rings. The number of nitrogens with one attached hydrogen (secondary N) is 1. The van der Waals surface area contributed by atoms with Gasteiger partial charge in [-0.2, -0.15) is 0 Å². The van der Waals surface area contributed by atoms with Crippen molar-refractivity contribution in [3.8, 4) is 5.75 Å². The van der Waals surface area contributed by atoms with Crippen LogP contribution in [0.4, 0.5) is 10.7 Å². The van der Waals surface area contributed by atoms with Gasteiger partial charge < -0.3 is 10.1 Å². The molecule has 0 amide bonds. The number of aromatic nitrogens is 2. The molecule has 1 aromatic carbocycles. The minimum atomic E-state index is -0.430. The third-order valence-electron chi connectivity index (χ3n) is 2.52. The highest BCUT2D eigenvalue weighted by Gasteiger charge is 2.11. The van der Waals surface area contributed by atoms with Crippen molar-refractivity contribution in [1.82, 2.24) is 9.59 Å². The van der Waals surface area contributed by atoms with Crippen LogP contribution in [0.25, 0.3) is 0 Å². The van der Waals surface area contributed by atoms with Crippen molar-refractivity contribution in [2.24, 2.45) is 0 Å². The Morgan fingerprint density at radius 1 is 1.53 bits per heavy atom. The standard InChI is InChI=1S/C11H12N4O3S/c1-7-5-8(15(16)17)3-4-10(7)18-6-9-11(12-2)19-14-13-9/h3-5,12H,6H2,1-2H3. The van der Waals surface area contributed by atoms with Crippen molar-refractivity contribution in [3.63, 3.8) is 0 Å². The summed E-state index contributed by atoms with van der Waals surface area (Å²) in [6.07, 6.45) is 0. The molecule has 0 spiro atoms. The maximum Gasteiger partial charge on any atom is 0.269 e. The summed E-state index contributed by atoms with van der Waals surface area (Å²) in [5.41, 5.74) is 1.48. The summed E-state index contributed by atoms with van der Waals surface area (Å²) < 4.78 is 9.42. The number of anilines is 1. The highest BCUT2D eigenvalue weighted by atomic mass is 32.1. The van der Waals surface area contributed by atoms with Crippen LogP contribution in [-0.2, 0) is 6.61 Å². The van der Waals surface area contributed by atoms with E-state index in [0.717, 1.165) is 5.00 Å². The van der Waals surface area contributed by atoms with Gasteiger partial charge in [0.15, 0.2) is 0 Å². The van der Waals surface area contributed by atoms with Gasteiger partial charge in [0.1, 0.15) is 23.1 Å². The van der Waals surface area contributed by atoms with E-state index in [0.29, 0.717) is 17.0 Å². The average Bonchev–Trinajstić information content (AvgIpc) is 2.84. The molecule has 0 aliphatic heterocycles. The Kier molecular flexibility index (Phi) is 3.91. The lowest BCUT2D eigenvalue weighted by Crippen LogP contribution is -2.01. The largest absolute Gasteiger partial charge is 0.487 e. The molecule has 1 N–H and O–H groups in total. The molecule has 0 aliphatic carbocycles. The van der Waals surface area contributed by atoms with Crippen molar-refractivity contribution >= 4 is 22.2 Å². The maximum atomic E-state index is 10.6. The first-order chi connectivity index (χ1) is 9.11. The number of nitrogens with zero attached hydrogens (tertiary/aromatic N) is 3. The monoisotopic (exact) mass is 280 g/mol. The Labute approximate surface area is 113 Å². The quantitative estimate of drug-likeness (QED) is 0.668. The molecule has 100 valence electrons. The number of hydrogen-bond acceptors (Lipinski definition) is 7. The van der Waals surface area contributed by atoms with Crippen LogP contribution in [-0.4, -0.2) is 21.6 Å². The lowest BCUT2D eigenvalue weighted by molar-refractivity contribution is -0.384. The summed E-state index contributed by atoms with van der Waals surface area (Å²) in [6, 6.07) is 4.49. The van der Waals surface area contributed by atoms with Crippen LogP contribution in [0.15, 0.2) is 18.2 Å². The van der Waals surface area contributed by atoms with Crippen LogP contribution in [0, 0.1) is 17.0 Å². The summed E-state index contributed by atoms with van der Waals surface area (Å²) in [7, 11) is 1.79. The SMILES string of the molecule is CNc1snnc1COc1ccc([N+](=O)[O-])cc1C. The van der Waals surface area contributed by atoms with Gasteiger partial charge in [0.25, 0.3) is 5.69 Å². The van der Waals surface area contributed by atoms with Crippen molar-refractivity contribution in [1.29, 1.82) is 0 Å². The maximum absolute atomic E-state index is 10.6. The van der Waals surface area contributed by atoms with Gasteiger partial charge in [-0.15, -0.1) is 5.10 Å². The van der Waals surface area contributed by atoms with E-state index in [2.05, 4.69) is 14.9 Å². The zero-order chi connectivity index (χ0) is 13.8. The molecule has 0 atom stereocenters. The van der Waals surface area contributed by atoms with E-state index in [1.165, 1.54) is 23.7 Å². The van der Waals surface area contributed by atoms with Crippen LogP contribution < -0.4 is 10.1 Å². The Bertz CT molecular complexity index is 599. The zero-order valence-corrected chi connectivity index (χ0v) is 11.2. The van der Waals surface area contributed by atoms with Crippen molar-refractivity contribution in [2.45, 2.75) is 13.5 Å². The van der Waals surface area contributed by atoms with Gasteiger partial charge in [-0.05, 0) is 18.6 Å². The number of nitro benzene ring substituents is 1. The Balaban J connectivity index is 2.10. The molecule has 2 aromatic rings. The molecule has 0 radical (unpaired) electrons. The van der Waals surface area contributed by atoms with E-state index in [9.17, 15) is 10.1 Å². The van der Waals surface area contributed by atoms with Gasteiger partial charge in [0, 0.05) is 30.7 Å². The van der Waals surface area contributed by atoms with Crippen LogP contribution in [0.2, 0.25) is 0 Å². The van der Waals surface area contributed by atoms with E-state index in [1.807, 2.05) is 0 Å². The summed E-state index contributed by atoms with van der Waals surface area (Å²) in [4.78, 5) is 10.2. The third-order valence-corrected chi connectivity index (χ3v) is 3.30. The molecular weight excluding hydrogens is 268 g/mol. The molecule has 8 heteroatoms. The van der Waals surface area contributed by atoms with E-state index in [1.54, 1.807) is 20.0 Å². The second-order valence-electron chi connectivity index (χ2n) is 3.79. The van der Waals surface area contributed by atoms with E-state index in [4.69, 9.17) is 4.74 Å². The molecule has 0 unspecified atom stereocenters. The smallest absolute Gasteiger partial charge is 0.269 e. The second-order valence-corrected chi connectivity index (χ2v) is 4.55. The number of non-ortho nitro benzene ring substituents is 1. The number of ether oxygens (including phenoxy) is 1. The van der Waals surface area contributed by atoms with Gasteiger partial charge in [0.05, 0.1) is 4.92 Å². The van der Waals surface area contributed by atoms with E-state index >= 15 is 0 Å². The van der Waals surface area contributed by atoms with E-state index < -0.39 is 4.92 Å². The van der Waals surface area contributed by atoms with Crippen molar-refractivity contribution < 1.29 is 9.66 Å². The fraction of sp³-hybridized carbons (Fsp3) is 0.273. The molecule has 0 aliphatic rings. The molecular formula is C11H12N4O3S. The molecule has 1 heterocycles. The number of benzene rings is 1. The predicted molar refractivity (Wildman–Crippen MR) is 71.6 cm³/mol. The first-order valence-electron chi connectivity index (χ1n) is 5.48. The lowest BCUT2D eigenvalue weighted by atomic mass is 10.2. The van der Waals surface area contributed by atoms with Crippen LogP contribution in [0.1, 0.15) is 11.3 Å². The third kappa shape index (κ3) is 2.97. The molecule has 2 rings (SSSR count). The highest BCUT2D eigenvalue weighted by molar-refractivity contribution is 7.10. The topological polar surface area (TPSA) is 90.2 Å². The highest BCUT2D eigenvalue weighted by Crippen LogP contribution is 2.25. The van der Waals surface area contributed by atoms with Crippen LogP contribution in [0.3, 0.4) is 0 Å².